The fourth-order valence-electron chi connectivity index (χ4n) is 5.16. The zero-order valence-electron chi connectivity index (χ0n) is 23.3. The van der Waals surface area contributed by atoms with Crippen molar-refractivity contribution in [3.63, 3.8) is 0 Å². The molecule has 1 aromatic heterocycles. The van der Waals surface area contributed by atoms with Crippen molar-refractivity contribution in [3.05, 3.63) is 102 Å². The van der Waals surface area contributed by atoms with Gasteiger partial charge in [-0.2, -0.15) is 0 Å². The standard InChI is InChI=1S/C31H31N3O6/c1-15-7-10-18(30(38)39)21(13-15)34-14-19-16(2)8-11-20(23(19)29(34)37)32-24-25(27(36)26(24)35)33-28(31(4,5)6)22-12-9-17(3)40-22/h7-13,28,32-33H,14H2,1-6H3,(H,38,39). The largest absolute Gasteiger partial charge is 0.478 e. The molecule has 0 aliphatic carbocycles. The number of benzene rings is 2. The Labute approximate surface area is 231 Å². The number of hydrogen-bond acceptors (Lipinski definition) is 7. The predicted octanol–water partition coefficient (Wildman–Crippen LogP) is 5.60. The Balaban J connectivity index is 1.52. The molecule has 3 aromatic carbocycles. The highest BCUT2D eigenvalue weighted by molar-refractivity contribution is 6.16. The SMILES string of the molecule is Cc1ccc(C(=O)O)c(N2Cc3c(C)ccc(Nc4c(NC(c5ccc(C)o5)C(C)(C)C)c(=O)c4=O)c3C2=O)c1. The van der Waals surface area contributed by atoms with Crippen LogP contribution in [0.15, 0.2) is 56.5 Å². The molecule has 40 heavy (non-hydrogen) atoms. The number of amides is 1. The second kappa shape index (κ2) is 9.51. The number of nitrogens with zero attached hydrogens (tertiary/aromatic N) is 1. The van der Waals surface area contributed by atoms with E-state index in [4.69, 9.17) is 4.42 Å². The van der Waals surface area contributed by atoms with Gasteiger partial charge in [-0.05, 0) is 73.2 Å². The molecule has 1 aliphatic rings. The van der Waals surface area contributed by atoms with Crippen LogP contribution in [0.3, 0.4) is 0 Å². The van der Waals surface area contributed by atoms with E-state index in [0.29, 0.717) is 22.7 Å². The van der Waals surface area contributed by atoms with Crippen LogP contribution in [0.2, 0.25) is 0 Å². The molecule has 1 atom stereocenters. The van der Waals surface area contributed by atoms with Gasteiger partial charge in [-0.25, -0.2) is 4.79 Å². The van der Waals surface area contributed by atoms with Gasteiger partial charge in [0, 0.05) is 0 Å². The minimum Gasteiger partial charge on any atom is -0.478 e. The molecular weight excluding hydrogens is 510 g/mol. The number of nitrogens with one attached hydrogen (secondary N) is 2. The molecule has 9 heteroatoms. The van der Waals surface area contributed by atoms with Crippen LogP contribution in [-0.4, -0.2) is 17.0 Å². The summed E-state index contributed by atoms with van der Waals surface area (Å²) in [6, 6.07) is 11.7. The lowest BCUT2D eigenvalue weighted by molar-refractivity contribution is 0.0697. The predicted molar refractivity (Wildman–Crippen MR) is 154 cm³/mol. The van der Waals surface area contributed by atoms with E-state index < -0.39 is 22.9 Å². The molecule has 4 aromatic rings. The van der Waals surface area contributed by atoms with Crippen LogP contribution >= 0.6 is 0 Å². The molecule has 0 bridgehead atoms. The van der Waals surface area contributed by atoms with Gasteiger partial charge in [0.2, 0.25) is 0 Å². The highest BCUT2D eigenvalue weighted by Gasteiger charge is 2.36. The third-order valence-corrected chi connectivity index (χ3v) is 7.37. The summed E-state index contributed by atoms with van der Waals surface area (Å²) in [5, 5.41) is 16.0. The summed E-state index contributed by atoms with van der Waals surface area (Å²) in [6.45, 7) is 11.7. The summed E-state index contributed by atoms with van der Waals surface area (Å²) in [5.41, 5.74) is 1.93. The molecule has 0 radical (unpaired) electrons. The van der Waals surface area contributed by atoms with E-state index in [0.717, 1.165) is 22.5 Å². The van der Waals surface area contributed by atoms with Crippen LogP contribution in [0.25, 0.3) is 0 Å². The minimum atomic E-state index is -1.13. The first kappa shape index (κ1) is 26.9. The zero-order chi connectivity index (χ0) is 29.1. The lowest BCUT2D eigenvalue weighted by Crippen LogP contribution is -2.39. The third-order valence-electron chi connectivity index (χ3n) is 7.37. The van der Waals surface area contributed by atoms with Gasteiger partial charge < -0.3 is 25.1 Å². The van der Waals surface area contributed by atoms with Gasteiger partial charge >= 0.3 is 5.97 Å². The van der Waals surface area contributed by atoms with E-state index >= 15 is 0 Å². The van der Waals surface area contributed by atoms with Gasteiger partial charge in [0.05, 0.1) is 35.1 Å². The Hall–Kier alpha value is -4.66. The van der Waals surface area contributed by atoms with Gasteiger partial charge in [0.1, 0.15) is 22.9 Å². The minimum absolute atomic E-state index is 0.0225. The van der Waals surface area contributed by atoms with Crippen molar-refractivity contribution in [1.82, 2.24) is 0 Å². The number of carboxylic acid groups (broad SMARTS) is 1. The summed E-state index contributed by atoms with van der Waals surface area (Å²) < 4.78 is 5.84. The number of carbonyl (C=O) groups excluding carboxylic acids is 1. The Morgan fingerprint density at radius 2 is 1.68 bits per heavy atom. The number of furan rings is 1. The van der Waals surface area contributed by atoms with Crippen LogP contribution < -0.4 is 26.4 Å². The number of aryl methyl sites for hydroxylation is 3. The Kier molecular flexibility index (Phi) is 6.40. The molecule has 0 saturated carbocycles. The van der Waals surface area contributed by atoms with E-state index in [9.17, 15) is 24.3 Å². The molecule has 3 N–H and O–H groups in total. The van der Waals surface area contributed by atoms with Crippen molar-refractivity contribution in [1.29, 1.82) is 0 Å². The van der Waals surface area contributed by atoms with Gasteiger partial charge in [0.15, 0.2) is 0 Å². The molecule has 0 saturated heterocycles. The first-order chi connectivity index (χ1) is 18.8. The monoisotopic (exact) mass is 541 g/mol. The van der Waals surface area contributed by atoms with Crippen molar-refractivity contribution in [2.45, 2.75) is 54.1 Å². The van der Waals surface area contributed by atoms with Crippen LogP contribution in [0.5, 0.6) is 0 Å². The lowest BCUT2D eigenvalue weighted by atomic mass is 9.85. The number of aromatic carboxylic acids is 1. The highest BCUT2D eigenvalue weighted by Crippen LogP contribution is 2.40. The number of hydrogen-bond donors (Lipinski definition) is 3. The number of rotatable bonds is 7. The molecule has 0 fully saturated rings. The molecule has 1 amide bonds. The smallest absolute Gasteiger partial charge is 0.337 e. The first-order valence-corrected chi connectivity index (χ1v) is 13.0. The normalized spacial score (nSPS) is 13.9. The summed E-state index contributed by atoms with van der Waals surface area (Å²) >= 11 is 0. The molecule has 1 aliphatic heterocycles. The van der Waals surface area contributed by atoms with Crippen molar-refractivity contribution in [2.75, 3.05) is 15.5 Å². The van der Waals surface area contributed by atoms with E-state index in [1.807, 2.05) is 59.7 Å². The van der Waals surface area contributed by atoms with Gasteiger partial charge in [-0.15, -0.1) is 0 Å². The lowest BCUT2D eigenvalue weighted by Gasteiger charge is -2.31. The first-order valence-electron chi connectivity index (χ1n) is 13.0. The Bertz CT molecular complexity index is 1750. The molecule has 206 valence electrons. The number of carbonyl (C=O) groups is 2. The zero-order valence-corrected chi connectivity index (χ0v) is 23.3. The maximum absolute atomic E-state index is 13.8. The summed E-state index contributed by atoms with van der Waals surface area (Å²) in [5.74, 6) is -0.152. The van der Waals surface area contributed by atoms with E-state index in [1.165, 1.54) is 11.0 Å². The van der Waals surface area contributed by atoms with Crippen LogP contribution in [0.1, 0.15) is 75.7 Å². The second-order valence-corrected chi connectivity index (χ2v) is 11.4. The maximum Gasteiger partial charge on any atom is 0.337 e. The van der Waals surface area contributed by atoms with Crippen LogP contribution in [0, 0.1) is 26.2 Å². The average molecular weight is 542 g/mol. The highest BCUT2D eigenvalue weighted by atomic mass is 16.4. The fourth-order valence-corrected chi connectivity index (χ4v) is 5.16. The maximum atomic E-state index is 13.8. The molecule has 2 heterocycles. The molecular formula is C31H31N3O6. The van der Waals surface area contributed by atoms with Crippen molar-refractivity contribution < 1.29 is 19.1 Å². The molecule has 5 rings (SSSR count). The summed E-state index contributed by atoms with van der Waals surface area (Å²) in [7, 11) is 0. The van der Waals surface area contributed by atoms with E-state index in [-0.39, 0.29) is 34.8 Å². The summed E-state index contributed by atoms with van der Waals surface area (Å²) in [6.07, 6.45) is 0. The molecule has 9 nitrogen and oxygen atoms in total. The number of carboxylic acids is 1. The molecule has 0 spiro atoms. The van der Waals surface area contributed by atoms with Crippen molar-refractivity contribution in [3.8, 4) is 0 Å². The summed E-state index contributed by atoms with van der Waals surface area (Å²) in [4.78, 5) is 52.6. The van der Waals surface area contributed by atoms with Crippen LogP contribution in [-0.2, 0) is 6.54 Å². The van der Waals surface area contributed by atoms with Crippen molar-refractivity contribution >= 4 is 34.6 Å². The quantitative estimate of drug-likeness (QED) is 0.258. The average Bonchev–Trinajstić information content (AvgIpc) is 3.47. The third kappa shape index (κ3) is 4.47. The van der Waals surface area contributed by atoms with Crippen LogP contribution in [0.4, 0.5) is 22.7 Å². The topological polar surface area (TPSA) is 129 Å². The fraction of sp³-hybridized carbons (Fsp3) is 0.290. The number of fused-ring (bicyclic) bond motifs is 1. The second-order valence-electron chi connectivity index (χ2n) is 11.4. The van der Waals surface area contributed by atoms with Crippen molar-refractivity contribution in [2.24, 2.45) is 5.41 Å². The van der Waals surface area contributed by atoms with Gasteiger partial charge in [0.25, 0.3) is 16.8 Å². The van der Waals surface area contributed by atoms with E-state index in [1.54, 1.807) is 18.2 Å². The Morgan fingerprint density at radius 1 is 0.975 bits per heavy atom. The molecule has 1 unspecified atom stereocenters. The number of anilines is 4. The van der Waals surface area contributed by atoms with E-state index in [2.05, 4.69) is 10.6 Å². The van der Waals surface area contributed by atoms with Gasteiger partial charge in [-0.1, -0.05) is 32.9 Å². The Morgan fingerprint density at radius 3 is 2.30 bits per heavy atom. The van der Waals surface area contributed by atoms with Gasteiger partial charge in [-0.3, -0.25) is 14.4 Å².